The Morgan fingerprint density at radius 3 is 2.71 bits per heavy atom. The summed E-state index contributed by atoms with van der Waals surface area (Å²) < 4.78 is 0. The molecule has 4 heteroatoms. The zero-order valence-corrected chi connectivity index (χ0v) is 14.0. The molecule has 2 nitrogen and oxygen atoms in total. The van der Waals surface area contributed by atoms with Crippen LogP contribution in [0.4, 0.5) is 0 Å². The van der Waals surface area contributed by atoms with Crippen molar-refractivity contribution in [3.05, 3.63) is 44.3 Å². The standard InChI is InChI=1S/C17H22N2S2/c1-2-7-18(6-1)11-14-10-15(21-13-14)12-19-8-5-16(19)17-4-3-9-20-17/h3-4,9-10,13,16H,1-2,5-8,11-12H2/t16-/m1/s1. The van der Waals surface area contributed by atoms with Gasteiger partial charge < -0.3 is 0 Å². The van der Waals surface area contributed by atoms with E-state index in [9.17, 15) is 0 Å². The number of nitrogens with zero attached hydrogens (tertiary/aromatic N) is 2. The Hall–Kier alpha value is -0.680. The summed E-state index contributed by atoms with van der Waals surface area (Å²) in [5.74, 6) is 0. The van der Waals surface area contributed by atoms with Gasteiger partial charge in [0.2, 0.25) is 0 Å². The van der Waals surface area contributed by atoms with Crippen molar-refractivity contribution >= 4 is 22.7 Å². The SMILES string of the molecule is c1csc([C@H]2CCN2Cc2cc(CN3CCCC3)cs2)c1. The summed E-state index contributed by atoms with van der Waals surface area (Å²) in [4.78, 5) is 8.28. The molecule has 0 bridgehead atoms. The van der Waals surface area contributed by atoms with Gasteiger partial charge in [0.1, 0.15) is 0 Å². The van der Waals surface area contributed by atoms with E-state index in [0.717, 1.165) is 13.1 Å². The Balaban J connectivity index is 1.35. The highest BCUT2D eigenvalue weighted by Gasteiger charge is 2.30. The van der Waals surface area contributed by atoms with Crippen molar-refractivity contribution in [2.45, 2.75) is 38.4 Å². The van der Waals surface area contributed by atoms with Crippen LogP contribution in [-0.4, -0.2) is 29.4 Å². The van der Waals surface area contributed by atoms with E-state index in [2.05, 4.69) is 38.8 Å². The van der Waals surface area contributed by atoms with Crippen molar-refractivity contribution in [1.82, 2.24) is 9.80 Å². The van der Waals surface area contributed by atoms with Crippen molar-refractivity contribution in [2.24, 2.45) is 0 Å². The molecule has 2 aromatic heterocycles. The summed E-state index contributed by atoms with van der Waals surface area (Å²) in [7, 11) is 0. The quantitative estimate of drug-likeness (QED) is 0.808. The number of likely N-dealkylation sites (tertiary alicyclic amines) is 2. The average molecular weight is 319 g/mol. The largest absolute Gasteiger partial charge is 0.299 e. The molecule has 2 aliphatic heterocycles. The first-order chi connectivity index (χ1) is 10.4. The van der Waals surface area contributed by atoms with Gasteiger partial charge in [0.15, 0.2) is 0 Å². The van der Waals surface area contributed by atoms with Crippen molar-refractivity contribution in [1.29, 1.82) is 0 Å². The van der Waals surface area contributed by atoms with E-state index in [1.807, 2.05) is 22.7 Å². The number of thiophene rings is 2. The topological polar surface area (TPSA) is 6.48 Å². The highest BCUT2D eigenvalue weighted by atomic mass is 32.1. The molecule has 2 aliphatic rings. The molecule has 0 spiro atoms. The Bertz CT molecular complexity index is 569. The number of hydrogen-bond acceptors (Lipinski definition) is 4. The lowest BCUT2D eigenvalue weighted by Crippen LogP contribution is -2.39. The predicted molar refractivity (Wildman–Crippen MR) is 90.9 cm³/mol. The summed E-state index contributed by atoms with van der Waals surface area (Å²) in [5, 5.41) is 4.57. The lowest BCUT2D eigenvalue weighted by molar-refractivity contribution is 0.0858. The Kier molecular flexibility index (Phi) is 4.12. The van der Waals surface area contributed by atoms with Crippen LogP contribution in [0.5, 0.6) is 0 Å². The van der Waals surface area contributed by atoms with Gasteiger partial charge in [-0.2, -0.15) is 0 Å². The van der Waals surface area contributed by atoms with E-state index >= 15 is 0 Å². The third kappa shape index (κ3) is 3.09. The fraction of sp³-hybridized carbons (Fsp3) is 0.529. The van der Waals surface area contributed by atoms with Gasteiger partial charge >= 0.3 is 0 Å². The van der Waals surface area contributed by atoms with Crippen LogP contribution < -0.4 is 0 Å². The minimum Gasteiger partial charge on any atom is -0.299 e. The molecule has 0 amide bonds. The maximum absolute atomic E-state index is 2.62. The van der Waals surface area contributed by atoms with Crippen LogP contribution in [0.2, 0.25) is 0 Å². The second kappa shape index (κ2) is 6.21. The molecule has 21 heavy (non-hydrogen) atoms. The van der Waals surface area contributed by atoms with Crippen LogP contribution in [0.15, 0.2) is 29.0 Å². The van der Waals surface area contributed by atoms with E-state index < -0.39 is 0 Å². The van der Waals surface area contributed by atoms with Crippen LogP contribution in [0.3, 0.4) is 0 Å². The third-order valence-corrected chi connectivity index (χ3v) is 6.62. The normalized spacial score (nSPS) is 23.5. The van der Waals surface area contributed by atoms with Crippen molar-refractivity contribution in [2.75, 3.05) is 19.6 Å². The zero-order valence-electron chi connectivity index (χ0n) is 12.3. The van der Waals surface area contributed by atoms with Crippen LogP contribution in [-0.2, 0) is 13.1 Å². The molecule has 0 unspecified atom stereocenters. The lowest BCUT2D eigenvalue weighted by atomic mass is 10.0. The zero-order chi connectivity index (χ0) is 14.1. The molecule has 0 saturated carbocycles. The maximum atomic E-state index is 2.62. The molecule has 2 fully saturated rings. The number of rotatable bonds is 5. The lowest BCUT2D eigenvalue weighted by Gasteiger charge is -2.40. The van der Waals surface area contributed by atoms with E-state index in [1.54, 1.807) is 0 Å². The van der Waals surface area contributed by atoms with Gasteiger partial charge in [-0.3, -0.25) is 9.80 Å². The second-order valence-corrected chi connectivity index (χ2v) is 8.17. The van der Waals surface area contributed by atoms with E-state index in [4.69, 9.17) is 0 Å². The van der Waals surface area contributed by atoms with Crippen molar-refractivity contribution in [3.8, 4) is 0 Å². The van der Waals surface area contributed by atoms with Crippen LogP contribution >= 0.6 is 22.7 Å². The molecule has 2 saturated heterocycles. The minimum atomic E-state index is 0.675. The molecule has 0 radical (unpaired) electrons. The molecule has 112 valence electrons. The molecule has 0 aromatic carbocycles. The summed E-state index contributed by atoms with van der Waals surface area (Å²) in [5.41, 5.74) is 1.52. The Morgan fingerprint density at radius 2 is 2.00 bits per heavy atom. The summed E-state index contributed by atoms with van der Waals surface area (Å²) in [6, 6.07) is 7.58. The van der Waals surface area contributed by atoms with Gasteiger partial charge in [0.05, 0.1) is 0 Å². The van der Waals surface area contributed by atoms with Crippen molar-refractivity contribution < 1.29 is 0 Å². The van der Waals surface area contributed by atoms with Crippen LogP contribution in [0, 0.1) is 0 Å². The highest BCUT2D eigenvalue weighted by molar-refractivity contribution is 7.10. The van der Waals surface area contributed by atoms with E-state index in [1.165, 1.54) is 54.2 Å². The molecule has 4 heterocycles. The van der Waals surface area contributed by atoms with Gasteiger partial charge in [-0.1, -0.05) is 6.07 Å². The van der Waals surface area contributed by atoms with Gasteiger partial charge in [-0.15, -0.1) is 22.7 Å². The van der Waals surface area contributed by atoms with Crippen LogP contribution in [0.25, 0.3) is 0 Å². The molecule has 0 aliphatic carbocycles. The Labute approximate surface area is 135 Å². The maximum Gasteiger partial charge on any atom is 0.0457 e. The molecule has 4 rings (SSSR count). The van der Waals surface area contributed by atoms with Gasteiger partial charge in [0.25, 0.3) is 0 Å². The molecular formula is C17H22N2S2. The number of hydrogen-bond donors (Lipinski definition) is 0. The predicted octanol–water partition coefficient (Wildman–Crippen LogP) is 4.35. The van der Waals surface area contributed by atoms with Gasteiger partial charge in [0, 0.05) is 35.4 Å². The van der Waals surface area contributed by atoms with Crippen LogP contribution in [0.1, 0.15) is 40.6 Å². The first-order valence-corrected chi connectivity index (χ1v) is 9.70. The Morgan fingerprint density at radius 1 is 1.10 bits per heavy atom. The summed E-state index contributed by atoms with van der Waals surface area (Å²) >= 11 is 3.85. The summed E-state index contributed by atoms with van der Waals surface area (Å²) in [6.45, 7) is 6.12. The molecular weight excluding hydrogens is 296 g/mol. The fourth-order valence-corrected chi connectivity index (χ4v) is 5.22. The molecule has 2 aromatic rings. The monoisotopic (exact) mass is 318 g/mol. The first kappa shape index (κ1) is 13.9. The minimum absolute atomic E-state index is 0.675. The smallest absolute Gasteiger partial charge is 0.0457 e. The van der Waals surface area contributed by atoms with Crippen molar-refractivity contribution in [3.63, 3.8) is 0 Å². The molecule has 1 atom stereocenters. The highest BCUT2D eigenvalue weighted by Crippen LogP contribution is 2.37. The summed E-state index contributed by atoms with van der Waals surface area (Å²) in [6.07, 6.45) is 4.09. The fourth-order valence-electron chi connectivity index (χ4n) is 3.42. The van der Waals surface area contributed by atoms with Gasteiger partial charge in [-0.25, -0.2) is 0 Å². The molecule has 0 N–H and O–H groups in total. The van der Waals surface area contributed by atoms with Gasteiger partial charge in [-0.05, 0) is 60.8 Å². The van der Waals surface area contributed by atoms with E-state index in [-0.39, 0.29) is 0 Å². The first-order valence-electron chi connectivity index (χ1n) is 7.94. The third-order valence-electron chi connectivity index (χ3n) is 4.67. The average Bonchev–Trinajstić information content (AvgIpc) is 3.17. The van der Waals surface area contributed by atoms with E-state index in [0.29, 0.717) is 6.04 Å². The second-order valence-electron chi connectivity index (χ2n) is 6.19.